The molecule has 8 nitrogen and oxygen atoms in total. The van der Waals surface area contributed by atoms with Crippen LogP contribution in [0.2, 0.25) is 0 Å². The van der Waals surface area contributed by atoms with Crippen LogP contribution in [0.5, 0.6) is 0 Å². The minimum atomic E-state index is -0.536. The molecule has 0 bridgehead atoms. The number of aliphatic hydroxyl groups excluding tert-OH is 2. The summed E-state index contributed by atoms with van der Waals surface area (Å²) in [6.07, 6.45) is -0.536. The van der Waals surface area contributed by atoms with Gasteiger partial charge in [0.1, 0.15) is 0 Å². The molecule has 2 fully saturated rings. The quantitative estimate of drug-likeness (QED) is 0.690. The van der Waals surface area contributed by atoms with Crippen molar-refractivity contribution in [2.75, 3.05) is 26.7 Å². The molecule has 26 heavy (non-hydrogen) atoms. The van der Waals surface area contributed by atoms with Crippen LogP contribution in [0, 0.1) is 11.3 Å². The van der Waals surface area contributed by atoms with Crippen molar-refractivity contribution in [3.8, 4) is 0 Å². The number of nitrogens with zero attached hydrogens (tertiary/aromatic N) is 3. The molecule has 4 rings (SSSR count). The van der Waals surface area contributed by atoms with E-state index in [1.807, 2.05) is 35.2 Å². The first-order valence-corrected chi connectivity index (χ1v) is 8.71. The van der Waals surface area contributed by atoms with Crippen molar-refractivity contribution in [3.05, 3.63) is 47.6 Å². The molecule has 2 aliphatic rings. The van der Waals surface area contributed by atoms with Crippen LogP contribution < -0.4 is 5.32 Å². The Kier molecular flexibility index (Phi) is 4.26. The van der Waals surface area contributed by atoms with Crippen molar-refractivity contribution in [2.24, 2.45) is 11.3 Å². The van der Waals surface area contributed by atoms with Gasteiger partial charge >= 0.3 is 0 Å². The summed E-state index contributed by atoms with van der Waals surface area (Å²) in [7, 11) is 1.50. The molecular weight excluding hydrogens is 336 g/mol. The molecule has 8 heteroatoms. The molecular formula is C18H22N4O4. The predicted molar refractivity (Wildman–Crippen MR) is 91.2 cm³/mol. The average molecular weight is 358 g/mol. The first kappa shape index (κ1) is 17.1. The maximum Gasteiger partial charge on any atom is 0.292 e. The lowest BCUT2D eigenvalue weighted by atomic mass is 9.95. The van der Waals surface area contributed by atoms with Crippen LogP contribution in [0.15, 0.2) is 34.9 Å². The normalized spacial score (nSPS) is 30.7. The Morgan fingerprint density at radius 2 is 2.19 bits per heavy atom. The van der Waals surface area contributed by atoms with Gasteiger partial charge in [0.15, 0.2) is 0 Å². The van der Waals surface area contributed by atoms with E-state index in [0.29, 0.717) is 25.5 Å². The lowest BCUT2D eigenvalue weighted by Crippen LogP contribution is -2.23. The number of carbonyl (C=O) groups excluding carboxylic acids is 1. The van der Waals surface area contributed by atoms with E-state index in [-0.39, 0.29) is 29.7 Å². The van der Waals surface area contributed by atoms with Gasteiger partial charge in [-0.25, -0.2) is 0 Å². The van der Waals surface area contributed by atoms with Gasteiger partial charge in [-0.15, -0.1) is 0 Å². The molecule has 4 atom stereocenters. The number of amides is 1. The van der Waals surface area contributed by atoms with Gasteiger partial charge in [-0.05, 0) is 17.4 Å². The predicted octanol–water partition coefficient (Wildman–Crippen LogP) is -0.00200. The minimum Gasteiger partial charge on any atom is -0.396 e. The Balaban J connectivity index is 1.49. The highest BCUT2D eigenvalue weighted by molar-refractivity contribution is 5.89. The fourth-order valence-corrected chi connectivity index (χ4v) is 4.50. The van der Waals surface area contributed by atoms with Crippen molar-refractivity contribution in [2.45, 2.75) is 18.6 Å². The van der Waals surface area contributed by atoms with E-state index in [1.165, 1.54) is 7.05 Å². The second kappa shape index (κ2) is 6.46. The molecule has 1 aromatic carbocycles. The standard InChI is InChI=1S/C18H22N4O4/c1-19-17(25)16-20-14(26-21-16)8-22-7-13(24)18(10-22)12(9-23)15(18)11-5-3-2-4-6-11/h2-6,12-13,15,23-24H,7-10H2,1H3,(H,19,25)/t12-,13+,15-,18-/m1/s1. The van der Waals surface area contributed by atoms with Crippen LogP contribution in [-0.4, -0.2) is 64.0 Å². The first-order chi connectivity index (χ1) is 12.6. The van der Waals surface area contributed by atoms with Gasteiger partial charge in [-0.2, -0.15) is 4.98 Å². The molecule has 2 aromatic rings. The number of β-amino-alcohol motifs (C(OH)–C–C–N with tert-alkyl or cyclic N) is 1. The Bertz CT molecular complexity index is 795. The number of hydrogen-bond donors (Lipinski definition) is 3. The van der Waals surface area contributed by atoms with Crippen molar-refractivity contribution in [3.63, 3.8) is 0 Å². The molecule has 1 saturated carbocycles. The smallest absolute Gasteiger partial charge is 0.292 e. The maximum absolute atomic E-state index is 11.5. The SMILES string of the molecule is CNC(=O)c1noc(CN2C[C@H](O)[C@@]3(C2)[C@H](CO)[C@H]3c2ccccc2)n1. The molecule has 1 aromatic heterocycles. The molecule has 1 aliphatic carbocycles. The van der Waals surface area contributed by atoms with Gasteiger partial charge in [-0.3, -0.25) is 9.69 Å². The van der Waals surface area contributed by atoms with Crippen LogP contribution in [0.25, 0.3) is 0 Å². The number of aromatic nitrogens is 2. The molecule has 1 aliphatic heterocycles. The van der Waals surface area contributed by atoms with Gasteiger partial charge in [0.25, 0.3) is 11.7 Å². The summed E-state index contributed by atoms with van der Waals surface area (Å²) in [5.74, 6) is 0.112. The van der Waals surface area contributed by atoms with Crippen molar-refractivity contribution >= 4 is 5.91 Å². The number of nitrogens with one attached hydrogen (secondary N) is 1. The Morgan fingerprint density at radius 3 is 2.88 bits per heavy atom. The van der Waals surface area contributed by atoms with Crippen LogP contribution in [0.3, 0.4) is 0 Å². The number of benzene rings is 1. The van der Waals surface area contributed by atoms with Gasteiger partial charge in [0.2, 0.25) is 5.89 Å². The Morgan fingerprint density at radius 1 is 1.42 bits per heavy atom. The third kappa shape index (κ3) is 2.61. The molecule has 1 saturated heterocycles. The van der Waals surface area contributed by atoms with E-state index in [2.05, 4.69) is 15.5 Å². The summed E-state index contributed by atoms with van der Waals surface area (Å²) in [5, 5.41) is 26.7. The fourth-order valence-electron chi connectivity index (χ4n) is 4.50. The summed E-state index contributed by atoms with van der Waals surface area (Å²) < 4.78 is 5.14. The summed E-state index contributed by atoms with van der Waals surface area (Å²) in [4.78, 5) is 17.7. The number of carbonyl (C=O) groups is 1. The lowest BCUT2D eigenvalue weighted by Gasteiger charge is -2.15. The number of rotatable bonds is 5. The summed E-state index contributed by atoms with van der Waals surface area (Å²) in [5.41, 5.74) is 0.798. The zero-order valence-corrected chi connectivity index (χ0v) is 14.5. The molecule has 2 heterocycles. The topological polar surface area (TPSA) is 112 Å². The van der Waals surface area contributed by atoms with Crippen molar-refractivity contribution in [1.29, 1.82) is 0 Å². The number of hydrogen-bond acceptors (Lipinski definition) is 7. The molecule has 3 N–H and O–H groups in total. The van der Waals surface area contributed by atoms with Crippen molar-refractivity contribution in [1.82, 2.24) is 20.4 Å². The van der Waals surface area contributed by atoms with Gasteiger partial charge in [0.05, 0.1) is 12.6 Å². The molecule has 138 valence electrons. The molecule has 0 unspecified atom stereocenters. The lowest BCUT2D eigenvalue weighted by molar-refractivity contribution is 0.0950. The Labute approximate surface area is 150 Å². The minimum absolute atomic E-state index is 0.00113. The van der Waals surface area contributed by atoms with E-state index in [9.17, 15) is 15.0 Å². The van der Waals surface area contributed by atoms with Crippen molar-refractivity contribution < 1.29 is 19.5 Å². The summed E-state index contributed by atoms with van der Waals surface area (Å²) in [6.45, 7) is 1.52. The van der Waals surface area contributed by atoms with Crippen LogP contribution in [0.1, 0.15) is 28.0 Å². The van der Waals surface area contributed by atoms with Crippen LogP contribution in [-0.2, 0) is 6.54 Å². The van der Waals surface area contributed by atoms with Crippen LogP contribution >= 0.6 is 0 Å². The van der Waals surface area contributed by atoms with E-state index < -0.39 is 12.0 Å². The maximum atomic E-state index is 11.5. The third-order valence-electron chi connectivity index (χ3n) is 5.72. The molecule has 0 radical (unpaired) electrons. The largest absolute Gasteiger partial charge is 0.396 e. The first-order valence-electron chi connectivity index (χ1n) is 8.71. The highest BCUT2D eigenvalue weighted by Crippen LogP contribution is 2.68. The average Bonchev–Trinajstić information content (AvgIpc) is 2.89. The monoisotopic (exact) mass is 358 g/mol. The van der Waals surface area contributed by atoms with Gasteiger partial charge in [0, 0.05) is 32.2 Å². The summed E-state index contributed by atoms with van der Waals surface area (Å²) >= 11 is 0. The second-order valence-electron chi connectivity index (χ2n) is 7.07. The van der Waals surface area contributed by atoms with E-state index in [1.54, 1.807) is 0 Å². The van der Waals surface area contributed by atoms with Crippen LogP contribution in [0.4, 0.5) is 0 Å². The summed E-state index contributed by atoms with van der Waals surface area (Å²) in [6, 6.07) is 10.0. The fraction of sp³-hybridized carbons (Fsp3) is 0.500. The zero-order valence-electron chi connectivity index (χ0n) is 14.5. The van der Waals surface area contributed by atoms with E-state index >= 15 is 0 Å². The van der Waals surface area contributed by atoms with E-state index in [0.717, 1.165) is 5.56 Å². The Hall–Kier alpha value is -2.29. The molecule has 1 amide bonds. The third-order valence-corrected chi connectivity index (χ3v) is 5.72. The highest BCUT2D eigenvalue weighted by Gasteiger charge is 2.70. The van der Waals surface area contributed by atoms with E-state index in [4.69, 9.17) is 4.52 Å². The second-order valence-corrected chi connectivity index (χ2v) is 7.07. The number of aliphatic hydroxyl groups is 2. The zero-order chi connectivity index (χ0) is 18.3. The van der Waals surface area contributed by atoms with Gasteiger partial charge < -0.3 is 20.1 Å². The van der Waals surface area contributed by atoms with Gasteiger partial charge in [-0.1, -0.05) is 35.5 Å². The highest BCUT2D eigenvalue weighted by atomic mass is 16.5. The number of likely N-dealkylation sites (tertiary alicyclic amines) is 1. The molecule has 1 spiro atoms.